The van der Waals surface area contributed by atoms with E-state index >= 15 is 0 Å². The van der Waals surface area contributed by atoms with Gasteiger partial charge >= 0.3 is 5.69 Å². The van der Waals surface area contributed by atoms with Crippen LogP contribution in [-0.2, 0) is 0 Å². The van der Waals surface area contributed by atoms with Gasteiger partial charge in [-0.2, -0.15) is 0 Å². The third kappa shape index (κ3) is 3.67. The summed E-state index contributed by atoms with van der Waals surface area (Å²) in [7, 11) is 2.35. The molecule has 1 fully saturated rings. The van der Waals surface area contributed by atoms with Crippen LogP contribution in [0.5, 0.6) is 0 Å². The summed E-state index contributed by atoms with van der Waals surface area (Å²) in [6.45, 7) is 4.47. The molecule has 0 atom stereocenters. The minimum Gasteiger partial charge on any atom is -0.363 e. The number of aromatic nitrogens is 2. The van der Waals surface area contributed by atoms with Gasteiger partial charge in [0, 0.05) is 12.7 Å². The Morgan fingerprint density at radius 3 is 2.83 bits per heavy atom. The number of piperidine rings is 1. The fourth-order valence-corrected chi connectivity index (χ4v) is 3.61. The Bertz CT molecular complexity index is 706. The first-order chi connectivity index (χ1) is 11.6. The number of likely N-dealkylation sites (tertiary alicyclic amines) is 1. The molecule has 0 aromatic carbocycles. The first-order valence-electron chi connectivity index (χ1n) is 8.78. The van der Waals surface area contributed by atoms with Crippen LogP contribution in [0.1, 0.15) is 32.1 Å². The maximum absolute atomic E-state index is 11.3. The highest BCUT2D eigenvalue weighted by Gasteiger charge is 2.24. The summed E-state index contributed by atoms with van der Waals surface area (Å²) in [4.78, 5) is 11.0. The summed E-state index contributed by atoms with van der Waals surface area (Å²) >= 11 is 0. The van der Waals surface area contributed by atoms with Crippen LogP contribution < -0.4 is 5.32 Å². The van der Waals surface area contributed by atoms with Gasteiger partial charge < -0.3 is 9.80 Å². The summed E-state index contributed by atoms with van der Waals surface area (Å²) in [6.07, 6.45) is 7.90. The molecule has 7 nitrogen and oxygen atoms in total. The number of nitrogens with zero attached hydrogens (tertiary/aromatic N) is 4. The van der Waals surface area contributed by atoms with E-state index in [2.05, 4.69) is 17.5 Å². The van der Waals surface area contributed by atoms with E-state index in [1.54, 1.807) is 22.8 Å². The summed E-state index contributed by atoms with van der Waals surface area (Å²) in [6, 6.07) is 5.32. The van der Waals surface area contributed by atoms with Crippen molar-refractivity contribution in [2.24, 2.45) is 0 Å². The highest BCUT2D eigenvalue weighted by molar-refractivity contribution is 5.76. The van der Waals surface area contributed by atoms with Gasteiger partial charge in [0.2, 0.25) is 5.82 Å². The maximum Gasteiger partial charge on any atom is 0.338 e. The van der Waals surface area contributed by atoms with Crippen LogP contribution in [0.2, 0.25) is 0 Å². The molecular weight excluding hydrogens is 306 g/mol. The Hall–Kier alpha value is -2.15. The number of unbranched alkanes of at least 4 members (excludes halogenated alkanes) is 1. The second-order valence-electron chi connectivity index (χ2n) is 6.97. The van der Waals surface area contributed by atoms with Crippen molar-refractivity contribution in [3.8, 4) is 0 Å². The molecule has 0 aliphatic carbocycles. The minimum absolute atomic E-state index is 0.0608. The Kier molecular flexibility index (Phi) is 4.99. The molecule has 0 amide bonds. The van der Waals surface area contributed by atoms with Gasteiger partial charge in [0.1, 0.15) is 5.52 Å². The number of fused-ring (bicyclic) bond motifs is 1. The van der Waals surface area contributed by atoms with Crippen LogP contribution in [-0.4, -0.2) is 52.2 Å². The summed E-state index contributed by atoms with van der Waals surface area (Å²) in [5.41, 5.74) is 0.585. The Balaban J connectivity index is 1.54. The monoisotopic (exact) mass is 332 g/mol. The molecule has 1 aliphatic heterocycles. The van der Waals surface area contributed by atoms with E-state index in [9.17, 15) is 10.1 Å². The predicted octanol–water partition coefficient (Wildman–Crippen LogP) is 3.07. The Morgan fingerprint density at radius 2 is 2.08 bits per heavy atom. The van der Waals surface area contributed by atoms with Gasteiger partial charge in [-0.1, -0.05) is 6.07 Å². The van der Waals surface area contributed by atoms with E-state index in [-0.39, 0.29) is 10.6 Å². The average Bonchev–Trinajstić information content (AvgIpc) is 2.93. The minimum atomic E-state index is -0.357. The third-order valence-corrected chi connectivity index (χ3v) is 5.01. The van der Waals surface area contributed by atoms with E-state index in [4.69, 9.17) is 0 Å². The second-order valence-corrected chi connectivity index (χ2v) is 6.97. The van der Waals surface area contributed by atoms with Crippen molar-refractivity contribution in [1.82, 2.24) is 9.61 Å². The van der Waals surface area contributed by atoms with Crippen molar-refractivity contribution < 1.29 is 9.41 Å². The number of rotatable bonds is 7. The van der Waals surface area contributed by atoms with Crippen molar-refractivity contribution in [1.29, 1.82) is 0 Å². The van der Waals surface area contributed by atoms with Crippen molar-refractivity contribution in [2.45, 2.75) is 32.1 Å². The SMILES string of the molecule is C[N+]1(CCCCNc2nn3ccccc3c2[N+](=O)[O-])CCCCC1. The fraction of sp³-hybridized carbons (Fsp3) is 0.588. The quantitative estimate of drug-likeness (QED) is 0.366. The molecule has 2 aromatic heterocycles. The number of nitro groups is 1. The number of anilines is 1. The summed E-state index contributed by atoms with van der Waals surface area (Å²) in [5.74, 6) is 0.365. The van der Waals surface area contributed by atoms with E-state index in [0.29, 0.717) is 17.9 Å². The van der Waals surface area contributed by atoms with E-state index in [1.807, 2.05) is 6.07 Å². The highest BCUT2D eigenvalue weighted by atomic mass is 16.6. The molecule has 0 unspecified atom stereocenters. The lowest BCUT2D eigenvalue weighted by Gasteiger charge is -2.37. The van der Waals surface area contributed by atoms with Gasteiger partial charge in [-0.05, 0) is 44.2 Å². The molecule has 0 bridgehead atoms. The van der Waals surface area contributed by atoms with Crippen LogP contribution in [0.15, 0.2) is 24.4 Å². The number of nitrogens with one attached hydrogen (secondary N) is 1. The van der Waals surface area contributed by atoms with Gasteiger partial charge in [0.25, 0.3) is 0 Å². The van der Waals surface area contributed by atoms with E-state index in [0.717, 1.165) is 12.8 Å². The lowest BCUT2D eigenvalue weighted by Crippen LogP contribution is -2.48. The van der Waals surface area contributed by atoms with Gasteiger partial charge in [0.05, 0.1) is 31.6 Å². The zero-order valence-electron chi connectivity index (χ0n) is 14.3. The molecule has 0 radical (unpaired) electrons. The summed E-state index contributed by atoms with van der Waals surface area (Å²) < 4.78 is 2.73. The van der Waals surface area contributed by atoms with Crippen molar-refractivity contribution in [3.05, 3.63) is 34.5 Å². The number of hydrogen-bond acceptors (Lipinski definition) is 4. The number of hydrogen-bond donors (Lipinski definition) is 1. The van der Waals surface area contributed by atoms with Gasteiger partial charge in [-0.25, -0.2) is 4.52 Å². The standard InChI is InChI=1S/C17H26N5O2/c1-22(12-6-2-7-13-22)14-8-4-10-18-17-16(21(23)24)15-9-3-5-11-20(15)19-17/h3,5,9,11H,2,4,6-8,10,12-14H2,1H3,(H,18,19)/q+1. The normalized spacial score (nSPS) is 17.0. The third-order valence-electron chi connectivity index (χ3n) is 5.01. The average molecular weight is 332 g/mol. The molecule has 1 aliphatic rings. The molecule has 24 heavy (non-hydrogen) atoms. The molecule has 1 N–H and O–H groups in total. The largest absolute Gasteiger partial charge is 0.363 e. The topological polar surface area (TPSA) is 72.5 Å². The first-order valence-corrected chi connectivity index (χ1v) is 8.78. The van der Waals surface area contributed by atoms with Crippen LogP contribution >= 0.6 is 0 Å². The maximum atomic E-state index is 11.3. The molecule has 3 rings (SSSR count). The van der Waals surface area contributed by atoms with Gasteiger partial charge in [-0.15, -0.1) is 5.10 Å². The molecule has 3 heterocycles. The number of pyridine rings is 1. The first kappa shape index (κ1) is 16.7. The molecule has 2 aromatic rings. The predicted molar refractivity (Wildman–Crippen MR) is 94.2 cm³/mol. The van der Waals surface area contributed by atoms with E-state index in [1.165, 1.54) is 43.4 Å². The highest BCUT2D eigenvalue weighted by Crippen LogP contribution is 2.28. The zero-order chi connectivity index (χ0) is 17.0. The lowest BCUT2D eigenvalue weighted by molar-refractivity contribution is -0.914. The van der Waals surface area contributed by atoms with Crippen LogP contribution in [0.3, 0.4) is 0 Å². The van der Waals surface area contributed by atoms with Gasteiger partial charge in [-0.3, -0.25) is 10.1 Å². The molecule has 1 saturated heterocycles. The van der Waals surface area contributed by atoms with E-state index < -0.39 is 0 Å². The molecular formula is C17H26N5O2+. The molecule has 0 saturated carbocycles. The Labute approximate surface area is 142 Å². The fourth-order valence-electron chi connectivity index (χ4n) is 3.61. The van der Waals surface area contributed by atoms with Crippen LogP contribution in [0.25, 0.3) is 5.52 Å². The number of quaternary nitrogens is 1. The smallest absolute Gasteiger partial charge is 0.338 e. The lowest BCUT2D eigenvalue weighted by atomic mass is 10.1. The van der Waals surface area contributed by atoms with Crippen LogP contribution in [0, 0.1) is 10.1 Å². The molecule has 130 valence electrons. The van der Waals surface area contributed by atoms with Crippen molar-refractivity contribution in [2.75, 3.05) is 38.5 Å². The molecule has 7 heteroatoms. The van der Waals surface area contributed by atoms with Crippen LogP contribution in [0.4, 0.5) is 11.5 Å². The Morgan fingerprint density at radius 1 is 1.29 bits per heavy atom. The summed E-state index contributed by atoms with van der Waals surface area (Å²) in [5, 5.41) is 18.8. The second kappa shape index (κ2) is 7.17. The molecule has 0 spiro atoms. The van der Waals surface area contributed by atoms with Crippen molar-refractivity contribution in [3.63, 3.8) is 0 Å². The zero-order valence-corrected chi connectivity index (χ0v) is 14.3. The van der Waals surface area contributed by atoms with Gasteiger partial charge in [0.15, 0.2) is 0 Å². The van der Waals surface area contributed by atoms with Crippen molar-refractivity contribution >= 4 is 17.0 Å².